The fraction of sp³-hybridized carbons (Fsp3) is 0.364. The van der Waals surface area contributed by atoms with Crippen LogP contribution in [0.25, 0.3) is 0 Å². The molecule has 0 aliphatic heterocycles. The number of nitro groups is 1. The molecule has 3 rings (SSSR count). The van der Waals surface area contributed by atoms with Gasteiger partial charge in [-0.05, 0) is 55.7 Å². The summed E-state index contributed by atoms with van der Waals surface area (Å²) in [4.78, 5) is 34.6. The van der Waals surface area contributed by atoms with E-state index in [1.165, 1.54) is 24.6 Å². The first-order valence-corrected chi connectivity index (χ1v) is 10.1. The second-order valence-corrected chi connectivity index (χ2v) is 7.66. The molecule has 4 N–H and O–H groups in total. The highest BCUT2D eigenvalue weighted by molar-refractivity contribution is 5.95. The lowest BCUT2D eigenvalue weighted by Gasteiger charge is -2.23. The highest BCUT2D eigenvalue weighted by atomic mass is 16.6. The first kappa shape index (κ1) is 21.3. The summed E-state index contributed by atoms with van der Waals surface area (Å²) >= 11 is 0. The third kappa shape index (κ3) is 5.14. The van der Waals surface area contributed by atoms with Crippen LogP contribution in [0.3, 0.4) is 0 Å². The topological polar surface area (TPSA) is 127 Å². The van der Waals surface area contributed by atoms with Crippen molar-refractivity contribution in [1.82, 2.24) is 5.32 Å². The minimum Gasteiger partial charge on any atom is -0.380 e. The monoisotopic (exact) mass is 410 g/mol. The fourth-order valence-corrected chi connectivity index (χ4v) is 3.75. The number of primary amides is 1. The lowest BCUT2D eigenvalue weighted by Crippen LogP contribution is -2.36. The van der Waals surface area contributed by atoms with E-state index in [9.17, 15) is 19.7 Å². The largest absolute Gasteiger partial charge is 0.380 e. The third-order valence-corrected chi connectivity index (χ3v) is 5.46. The van der Waals surface area contributed by atoms with Gasteiger partial charge in [-0.15, -0.1) is 0 Å². The fourth-order valence-electron chi connectivity index (χ4n) is 3.75. The average Bonchev–Trinajstić information content (AvgIpc) is 2.73. The van der Waals surface area contributed by atoms with Crippen LogP contribution >= 0.6 is 0 Å². The van der Waals surface area contributed by atoms with Gasteiger partial charge in [-0.2, -0.15) is 0 Å². The highest BCUT2D eigenvalue weighted by Crippen LogP contribution is 2.24. The van der Waals surface area contributed by atoms with Gasteiger partial charge in [0.05, 0.1) is 4.92 Å². The van der Waals surface area contributed by atoms with Crippen LogP contribution in [0.15, 0.2) is 36.4 Å². The molecule has 0 saturated heterocycles. The number of rotatable bonds is 7. The average molecular weight is 410 g/mol. The second kappa shape index (κ2) is 9.39. The number of nitrogens with one attached hydrogen (secondary N) is 2. The number of nitrogens with zero attached hydrogens (tertiary/aromatic N) is 1. The van der Waals surface area contributed by atoms with Crippen LogP contribution in [0.4, 0.5) is 11.4 Å². The van der Waals surface area contributed by atoms with Crippen LogP contribution in [0.5, 0.6) is 0 Å². The quantitative estimate of drug-likeness (QED) is 0.474. The Balaban J connectivity index is 1.68. The Morgan fingerprint density at radius 1 is 1.10 bits per heavy atom. The van der Waals surface area contributed by atoms with Crippen LogP contribution in [-0.4, -0.2) is 22.8 Å². The summed E-state index contributed by atoms with van der Waals surface area (Å²) in [5, 5.41) is 17.6. The lowest BCUT2D eigenvalue weighted by atomic mass is 9.95. The Kier molecular flexibility index (Phi) is 6.66. The second-order valence-electron chi connectivity index (χ2n) is 7.66. The molecular formula is C22H26N4O4. The zero-order chi connectivity index (χ0) is 21.7. The summed E-state index contributed by atoms with van der Waals surface area (Å²) in [5.74, 6) is -0.787. The number of nitro benzene ring substituents is 1. The van der Waals surface area contributed by atoms with E-state index in [0.29, 0.717) is 11.1 Å². The lowest BCUT2D eigenvalue weighted by molar-refractivity contribution is -0.385. The van der Waals surface area contributed by atoms with E-state index < -0.39 is 10.8 Å². The molecule has 0 radical (unpaired) electrons. The summed E-state index contributed by atoms with van der Waals surface area (Å²) in [5.41, 5.74) is 7.80. The van der Waals surface area contributed by atoms with E-state index in [1.807, 2.05) is 13.0 Å². The SMILES string of the molecule is Cc1cc(C(=O)NC2CCCCC2)ccc1NCc1ccc(C(N)=O)cc1[N+](=O)[O-]. The van der Waals surface area contributed by atoms with Crippen LogP contribution in [0.2, 0.25) is 0 Å². The van der Waals surface area contributed by atoms with Crippen LogP contribution in [0, 0.1) is 17.0 Å². The van der Waals surface area contributed by atoms with Crippen molar-refractivity contribution in [2.24, 2.45) is 5.73 Å². The molecule has 8 nitrogen and oxygen atoms in total. The van der Waals surface area contributed by atoms with Gasteiger partial charge in [0.25, 0.3) is 11.6 Å². The maximum absolute atomic E-state index is 12.5. The minimum absolute atomic E-state index is 0.0748. The number of hydrogen-bond donors (Lipinski definition) is 3. The number of nitrogens with two attached hydrogens (primary N) is 1. The highest BCUT2D eigenvalue weighted by Gasteiger charge is 2.18. The zero-order valence-corrected chi connectivity index (χ0v) is 16.9. The van der Waals surface area contributed by atoms with Gasteiger partial charge in [-0.3, -0.25) is 19.7 Å². The van der Waals surface area contributed by atoms with Gasteiger partial charge in [-0.1, -0.05) is 19.3 Å². The number of aryl methyl sites for hydroxylation is 1. The van der Waals surface area contributed by atoms with Crippen LogP contribution in [0.1, 0.15) is 63.9 Å². The summed E-state index contributed by atoms with van der Waals surface area (Å²) in [6.45, 7) is 2.08. The number of anilines is 1. The molecule has 0 unspecified atom stereocenters. The molecule has 1 aliphatic carbocycles. The molecular weight excluding hydrogens is 384 g/mol. The third-order valence-electron chi connectivity index (χ3n) is 5.46. The van der Waals surface area contributed by atoms with E-state index in [2.05, 4.69) is 10.6 Å². The normalized spacial score (nSPS) is 14.2. The van der Waals surface area contributed by atoms with Gasteiger partial charge in [0.1, 0.15) is 0 Å². The molecule has 0 bridgehead atoms. The van der Waals surface area contributed by atoms with Crippen molar-refractivity contribution in [3.63, 3.8) is 0 Å². The molecule has 0 spiro atoms. The summed E-state index contributed by atoms with van der Waals surface area (Å²) in [7, 11) is 0. The van der Waals surface area contributed by atoms with Crippen molar-refractivity contribution in [1.29, 1.82) is 0 Å². The summed E-state index contributed by atoms with van der Waals surface area (Å²) in [6.07, 6.45) is 5.59. The zero-order valence-electron chi connectivity index (χ0n) is 16.9. The number of carbonyl (C=O) groups excluding carboxylic acids is 2. The van der Waals surface area contributed by atoms with Crippen molar-refractivity contribution in [3.8, 4) is 0 Å². The molecule has 30 heavy (non-hydrogen) atoms. The Morgan fingerprint density at radius 2 is 1.80 bits per heavy atom. The predicted molar refractivity (Wildman–Crippen MR) is 114 cm³/mol. The molecule has 0 heterocycles. The first-order chi connectivity index (χ1) is 14.3. The van der Waals surface area contributed by atoms with Crippen molar-refractivity contribution in [2.45, 2.75) is 51.6 Å². The Bertz CT molecular complexity index is 968. The molecule has 1 saturated carbocycles. The summed E-state index contributed by atoms with van der Waals surface area (Å²) in [6, 6.07) is 9.78. The molecule has 8 heteroatoms. The maximum Gasteiger partial charge on any atom is 0.275 e. The summed E-state index contributed by atoms with van der Waals surface area (Å²) < 4.78 is 0. The Hall–Kier alpha value is -3.42. The molecule has 0 aromatic heterocycles. The standard InChI is InChI=1S/C22H26N4O4/c1-14-11-16(22(28)25-18-5-3-2-4-6-18)9-10-19(14)24-13-17-8-7-15(21(23)27)12-20(17)26(29)30/h7-12,18,24H,2-6,13H2,1H3,(H2,23,27)(H,25,28). The van der Waals surface area contributed by atoms with E-state index in [1.54, 1.807) is 12.1 Å². The van der Waals surface area contributed by atoms with Crippen molar-refractivity contribution in [3.05, 3.63) is 68.8 Å². The molecule has 1 fully saturated rings. The molecule has 2 amide bonds. The Morgan fingerprint density at radius 3 is 2.43 bits per heavy atom. The van der Waals surface area contributed by atoms with Gasteiger partial charge >= 0.3 is 0 Å². The van der Waals surface area contributed by atoms with Gasteiger partial charge in [0.2, 0.25) is 5.91 Å². The minimum atomic E-state index is -0.712. The maximum atomic E-state index is 12.5. The molecule has 0 atom stereocenters. The predicted octanol–water partition coefficient (Wildman–Crippen LogP) is 3.68. The first-order valence-electron chi connectivity index (χ1n) is 10.1. The van der Waals surface area contributed by atoms with Gasteiger partial charge in [-0.25, -0.2) is 0 Å². The van der Waals surface area contributed by atoms with E-state index in [4.69, 9.17) is 5.73 Å². The molecule has 2 aromatic carbocycles. The van der Waals surface area contributed by atoms with Gasteiger partial charge in [0.15, 0.2) is 0 Å². The Labute approximate surface area is 175 Å². The molecule has 1 aliphatic rings. The van der Waals surface area contributed by atoms with E-state index in [0.717, 1.165) is 36.9 Å². The van der Waals surface area contributed by atoms with Crippen LogP contribution < -0.4 is 16.4 Å². The molecule has 158 valence electrons. The van der Waals surface area contributed by atoms with Gasteiger partial charge < -0.3 is 16.4 Å². The molecule has 2 aromatic rings. The van der Waals surface area contributed by atoms with Crippen molar-refractivity contribution < 1.29 is 14.5 Å². The number of hydrogen-bond acceptors (Lipinski definition) is 5. The van der Waals surface area contributed by atoms with E-state index in [-0.39, 0.29) is 29.7 Å². The van der Waals surface area contributed by atoms with Gasteiger partial charge in [0, 0.05) is 41.0 Å². The number of benzene rings is 2. The van der Waals surface area contributed by atoms with Crippen LogP contribution in [-0.2, 0) is 6.54 Å². The number of carbonyl (C=O) groups is 2. The van der Waals surface area contributed by atoms with Crippen molar-refractivity contribution in [2.75, 3.05) is 5.32 Å². The van der Waals surface area contributed by atoms with E-state index >= 15 is 0 Å². The number of amides is 2. The smallest absolute Gasteiger partial charge is 0.275 e. The van der Waals surface area contributed by atoms with Crippen molar-refractivity contribution >= 4 is 23.2 Å².